The van der Waals surface area contributed by atoms with Crippen LogP contribution >= 0.6 is 0 Å². The van der Waals surface area contributed by atoms with Crippen molar-refractivity contribution in [3.05, 3.63) is 53.1 Å². The predicted octanol–water partition coefficient (Wildman–Crippen LogP) is 6.13. The Morgan fingerprint density at radius 1 is 0.968 bits per heavy atom. The van der Waals surface area contributed by atoms with Gasteiger partial charge in [0, 0.05) is 31.8 Å². The number of unbranched alkanes of at least 4 members (excludes halogenated alkanes) is 2. The smallest absolute Gasteiger partial charge is 0.407 e. The molecular formula is C46H64N4O11Si. The van der Waals surface area contributed by atoms with Gasteiger partial charge in [0.05, 0.1) is 23.7 Å². The number of carbonyl (C=O) groups is 7. The largest absolute Gasteiger partial charge is 0.483 e. The highest BCUT2D eigenvalue weighted by Crippen LogP contribution is 2.46. The molecular weight excluding hydrogens is 813 g/mol. The van der Waals surface area contributed by atoms with Crippen LogP contribution in [-0.2, 0) is 33.1 Å². The lowest BCUT2D eigenvalue weighted by atomic mass is 9.65. The molecule has 0 spiro atoms. The Morgan fingerprint density at radius 2 is 1.71 bits per heavy atom. The second kappa shape index (κ2) is 19.7. The lowest BCUT2D eigenvalue weighted by molar-refractivity contribution is -0.160. The van der Waals surface area contributed by atoms with Crippen molar-refractivity contribution in [2.45, 2.75) is 141 Å². The van der Waals surface area contributed by atoms with Crippen molar-refractivity contribution in [1.29, 1.82) is 0 Å². The van der Waals surface area contributed by atoms with Gasteiger partial charge in [-0.15, -0.1) is 0 Å². The molecule has 6 amide bonds. The van der Waals surface area contributed by atoms with E-state index in [1.807, 2.05) is 0 Å². The van der Waals surface area contributed by atoms with Crippen molar-refractivity contribution in [3.8, 4) is 5.75 Å². The fraction of sp³-hybridized carbons (Fsp3) is 0.630. The number of esters is 1. The number of allylic oxidation sites excluding steroid dienone is 3. The number of alkyl carbamates (subject to hydrolysis) is 1. The molecule has 15 nitrogen and oxygen atoms in total. The zero-order chi connectivity index (χ0) is 44.9. The van der Waals surface area contributed by atoms with Crippen LogP contribution in [-0.4, -0.2) is 98.9 Å². The van der Waals surface area contributed by atoms with Crippen LogP contribution in [0.5, 0.6) is 5.75 Å². The zero-order valence-electron chi connectivity index (χ0n) is 37.2. The molecule has 0 bridgehead atoms. The Hall–Kier alpha value is -4.83. The van der Waals surface area contributed by atoms with E-state index in [0.29, 0.717) is 38.8 Å². The number of nitrogens with zero attached hydrogens (tertiary/aromatic N) is 1. The molecule has 5 aliphatic rings. The molecule has 6 rings (SSSR count). The second-order valence-corrected chi connectivity index (χ2v) is 23.9. The summed E-state index contributed by atoms with van der Waals surface area (Å²) >= 11 is 0. The van der Waals surface area contributed by atoms with Gasteiger partial charge < -0.3 is 29.3 Å². The van der Waals surface area contributed by atoms with Crippen molar-refractivity contribution in [1.82, 2.24) is 20.9 Å². The van der Waals surface area contributed by atoms with E-state index in [0.717, 1.165) is 30.6 Å². The maximum atomic E-state index is 13.3. The number of rotatable bonds is 16. The fourth-order valence-electron chi connectivity index (χ4n) is 9.13. The van der Waals surface area contributed by atoms with E-state index in [4.69, 9.17) is 18.6 Å². The zero-order valence-corrected chi connectivity index (χ0v) is 38.2. The first-order valence-electron chi connectivity index (χ1n) is 22.3. The molecule has 2 saturated heterocycles. The molecule has 1 unspecified atom stereocenters. The molecule has 16 heteroatoms. The summed E-state index contributed by atoms with van der Waals surface area (Å²) in [5.41, 5.74) is 1.24. The molecule has 8 atom stereocenters. The van der Waals surface area contributed by atoms with E-state index in [9.17, 15) is 33.6 Å². The van der Waals surface area contributed by atoms with Crippen LogP contribution < -0.4 is 20.7 Å². The van der Waals surface area contributed by atoms with Crippen LogP contribution in [0.3, 0.4) is 0 Å². The minimum absolute atomic E-state index is 0.00739. The molecule has 2 fully saturated rings. The SMILES string of the molecule is C[C@H]1C=C2C=C[C@H](C)[C@H](CC[C@@H]3C[C@@H](O[Si](C)(C)C(C)(C)C)CC(=O)O3)[C@H]2[C@@H](OC(=O)NCCCCCNC(=O)COc2cccc3c2C(=O)N(C2CCC(=O)NC2=O)C3=O)C1. The lowest BCUT2D eigenvalue weighted by Gasteiger charge is -2.44. The van der Waals surface area contributed by atoms with Crippen molar-refractivity contribution in [2.75, 3.05) is 19.7 Å². The highest BCUT2D eigenvalue weighted by molar-refractivity contribution is 6.74. The van der Waals surface area contributed by atoms with Crippen LogP contribution in [0, 0.1) is 23.7 Å². The van der Waals surface area contributed by atoms with Crippen molar-refractivity contribution in [3.63, 3.8) is 0 Å². The number of fused-ring (bicyclic) bond motifs is 2. The summed E-state index contributed by atoms with van der Waals surface area (Å²) < 4.78 is 24.3. The molecule has 1 aromatic carbocycles. The predicted molar refractivity (Wildman–Crippen MR) is 231 cm³/mol. The van der Waals surface area contributed by atoms with E-state index in [-0.39, 0.29) is 82.7 Å². The third-order valence-electron chi connectivity index (χ3n) is 13.4. The van der Waals surface area contributed by atoms with E-state index in [1.165, 1.54) is 23.8 Å². The third-order valence-corrected chi connectivity index (χ3v) is 17.9. The van der Waals surface area contributed by atoms with Crippen molar-refractivity contribution in [2.24, 2.45) is 23.7 Å². The molecule has 0 aromatic heterocycles. The van der Waals surface area contributed by atoms with Crippen LogP contribution in [0.15, 0.2) is 42.0 Å². The number of carbonyl (C=O) groups excluding carboxylic acids is 7. The fourth-order valence-corrected chi connectivity index (χ4v) is 10.5. The quantitative estimate of drug-likeness (QED) is 0.0749. The monoisotopic (exact) mass is 876 g/mol. The van der Waals surface area contributed by atoms with E-state index in [1.54, 1.807) is 0 Å². The van der Waals surface area contributed by atoms with Crippen molar-refractivity contribution >= 4 is 49.9 Å². The topological polar surface area (TPSA) is 196 Å². The lowest BCUT2D eigenvalue weighted by Crippen LogP contribution is -2.54. The van der Waals surface area contributed by atoms with E-state index >= 15 is 0 Å². The molecule has 2 aliphatic carbocycles. The molecule has 3 heterocycles. The molecule has 1 aromatic rings. The summed E-state index contributed by atoms with van der Waals surface area (Å²) in [5, 5.41) is 7.92. The normalized spacial score (nSPS) is 27.4. The van der Waals surface area contributed by atoms with Gasteiger partial charge in [-0.05, 0) is 98.5 Å². The Bertz CT molecular complexity index is 1970. The number of cyclic esters (lactones) is 1. The van der Waals surface area contributed by atoms with Crippen LogP contribution in [0.1, 0.15) is 120 Å². The van der Waals surface area contributed by atoms with Gasteiger partial charge in [0.1, 0.15) is 24.0 Å². The van der Waals surface area contributed by atoms with Gasteiger partial charge >= 0.3 is 12.1 Å². The number of piperidine rings is 1. The molecule has 0 radical (unpaired) electrons. The molecule has 3 N–H and O–H groups in total. The van der Waals surface area contributed by atoms with Gasteiger partial charge in [-0.2, -0.15) is 0 Å². The number of nitrogens with one attached hydrogen (secondary N) is 3. The van der Waals surface area contributed by atoms with Gasteiger partial charge in [0.25, 0.3) is 17.7 Å². The Labute approximate surface area is 365 Å². The van der Waals surface area contributed by atoms with Crippen molar-refractivity contribution < 1.29 is 52.2 Å². The first-order valence-corrected chi connectivity index (χ1v) is 25.2. The number of ether oxygens (including phenoxy) is 3. The summed E-state index contributed by atoms with van der Waals surface area (Å²) in [5.74, 6) is -2.33. The maximum Gasteiger partial charge on any atom is 0.407 e. The number of imide groups is 2. The standard InChI is InChI=1S/C46H64N4O11Si/c1-27-22-29-15-14-28(2)32(17-16-30-24-31(25-39(53)59-30)61-62(6,7)46(3,4)5)40(29)36(23-27)60-45(57)48-21-10-8-9-20-47-38(52)26-58-35-13-11-12-33-41(35)44(56)50(43(33)55)34-18-19-37(51)49-42(34)54/h11-15,22,27-28,30-32,34,36,40H,8-10,16-21,23-26H2,1-7H3,(H,47,52)(H,48,57)(H,49,51,54)/t27-,28-,30+,31+,32-,34?,36-,40-/m0/s1. The highest BCUT2D eigenvalue weighted by atomic mass is 28.4. The molecule has 62 heavy (non-hydrogen) atoms. The Balaban J connectivity index is 0.911. The van der Waals surface area contributed by atoms with Crippen LogP contribution in [0.25, 0.3) is 0 Å². The summed E-state index contributed by atoms with van der Waals surface area (Å²) in [4.78, 5) is 89.7. The van der Waals surface area contributed by atoms with Gasteiger partial charge in [-0.1, -0.05) is 58.9 Å². The van der Waals surface area contributed by atoms with Crippen LogP contribution in [0.2, 0.25) is 18.1 Å². The maximum absolute atomic E-state index is 13.3. The van der Waals surface area contributed by atoms with Gasteiger partial charge in [-0.3, -0.25) is 39.0 Å². The Kier molecular flexibility index (Phi) is 14.8. The van der Waals surface area contributed by atoms with Crippen LogP contribution in [0.4, 0.5) is 4.79 Å². The highest BCUT2D eigenvalue weighted by Gasteiger charge is 2.47. The van der Waals surface area contributed by atoms with Gasteiger partial charge in [0.15, 0.2) is 14.9 Å². The Morgan fingerprint density at radius 3 is 2.44 bits per heavy atom. The van der Waals surface area contributed by atoms with E-state index in [2.05, 4.69) is 81.9 Å². The summed E-state index contributed by atoms with van der Waals surface area (Å²) in [6, 6.07) is 3.37. The number of amides is 6. The summed E-state index contributed by atoms with van der Waals surface area (Å²) in [6.07, 6.45) is 11.0. The third kappa shape index (κ3) is 11.0. The van der Waals surface area contributed by atoms with Gasteiger partial charge in [0.2, 0.25) is 11.8 Å². The second-order valence-electron chi connectivity index (χ2n) is 19.1. The summed E-state index contributed by atoms with van der Waals surface area (Å²) in [6.45, 7) is 15.8. The van der Waals surface area contributed by atoms with Gasteiger partial charge in [-0.25, -0.2) is 4.79 Å². The first kappa shape index (κ1) is 46.7. The van der Waals surface area contributed by atoms with E-state index < -0.39 is 56.6 Å². The average molecular weight is 877 g/mol. The number of benzene rings is 1. The molecule has 3 aliphatic heterocycles. The number of hydrogen-bond donors (Lipinski definition) is 3. The number of hydrogen-bond acceptors (Lipinski definition) is 11. The molecule has 338 valence electrons. The average Bonchev–Trinajstić information content (AvgIpc) is 3.44. The summed E-state index contributed by atoms with van der Waals surface area (Å²) in [7, 11) is -2.05. The molecule has 0 saturated carbocycles. The minimum atomic E-state index is -2.05. The first-order chi connectivity index (χ1) is 29.3. The minimum Gasteiger partial charge on any atom is -0.483 e.